The molecule has 0 amide bonds. The molecule has 4 aromatic carbocycles. The van der Waals surface area contributed by atoms with Crippen molar-refractivity contribution in [3.63, 3.8) is 0 Å². The maximum absolute atomic E-state index is 12.8. The molecule has 0 radical (unpaired) electrons. The van der Waals surface area contributed by atoms with Gasteiger partial charge in [0.2, 0.25) is 0 Å². The SMILES string of the molecule is CCOC(=O)C1(c2ccccc2)CCN(CCC(O)c2ccccc2)CC1.CCOC(=O)C1(c2ccccc2)CCN(CCc2ccc(N)cc2)CC1. The fourth-order valence-electron chi connectivity index (χ4n) is 7.71. The zero-order valence-corrected chi connectivity index (χ0v) is 31.5. The number of aliphatic hydroxyl groups excluding tert-OH is 1. The lowest BCUT2D eigenvalue weighted by molar-refractivity contribution is -0.153. The fourth-order valence-corrected chi connectivity index (χ4v) is 7.71. The largest absolute Gasteiger partial charge is 0.465 e. The zero-order chi connectivity index (χ0) is 37.5. The lowest BCUT2D eigenvalue weighted by Gasteiger charge is -2.40. The normalized spacial score (nSPS) is 17.5. The van der Waals surface area contributed by atoms with Crippen LogP contribution in [0.1, 0.15) is 74.3 Å². The van der Waals surface area contributed by atoms with E-state index in [1.165, 1.54) is 5.56 Å². The fraction of sp³-hybridized carbons (Fsp3) is 0.422. The summed E-state index contributed by atoms with van der Waals surface area (Å²) in [6.45, 7) is 9.85. The molecule has 4 aromatic rings. The summed E-state index contributed by atoms with van der Waals surface area (Å²) in [5, 5.41) is 10.4. The monoisotopic (exact) mass is 719 g/mol. The van der Waals surface area contributed by atoms with Crippen molar-refractivity contribution in [1.29, 1.82) is 0 Å². The first kappa shape index (κ1) is 39.7. The minimum absolute atomic E-state index is 0.0793. The molecular formula is C45H57N3O5. The van der Waals surface area contributed by atoms with Crippen molar-refractivity contribution >= 4 is 17.6 Å². The molecule has 0 bridgehead atoms. The third-order valence-corrected chi connectivity index (χ3v) is 11.0. The van der Waals surface area contributed by atoms with Crippen LogP contribution in [0.5, 0.6) is 0 Å². The molecular weight excluding hydrogens is 663 g/mol. The third-order valence-electron chi connectivity index (χ3n) is 11.0. The Morgan fingerprint density at radius 3 is 1.49 bits per heavy atom. The molecule has 3 N–H and O–H groups in total. The van der Waals surface area contributed by atoms with Crippen LogP contribution in [0.2, 0.25) is 0 Å². The summed E-state index contributed by atoms with van der Waals surface area (Å²) in [5.74, 6) is -0.190. The molecule has 2 fully saturated rings. The second kappa shape index (κ2) is 19.5. The number of hydrogen-bond donors (Lipinski definition) is 2. The van der Waals surface area contributed by atoms with Crippen LogP contribution >= 0.6 is 0 Å². The van der Waals surface area contributed by atoms with Crippen molar-refractivity contribution in [2.24, 2.45) is 0 Å². The van der Waals surface area contributed by atoms with Gasteiger partial charge in [-0.05, 0) is 113 Å². The van der Waals surface area contributed by atoms with E-state index >= 15 is 0 Å². The maximum Gasteiger partial charge on any atom is 0.316 e. The summed E-state index contributed by atoms with van der Waals surface area (Å²) in [5.41, 5.74) is 9.88. The first-order chi connectivity index (χ1) is 25.8. The minimum atomic E-state index is -0.550. The van der Waals surface area contributed by atoms with E-state index < -0.39 is 16.9 Å². The van der Waals surface area contributed by atoms with Crippen LogP contribution < -0.4 is 5.73 Å². The number of anilines is 1. The quantitative estimate of drug-likeness (QED) is 0.111. The van der Waals surface area contributed by atoms with Crippen LogP contribution in [0, 0.1) is 0 Å². The standard InChI is InChI=1S/C23H29NO3.C22H28N2O2/c1-2-27-22(26)23(20-11-7-4-8-12-20)14-17-24(18-15-23)16-13-21(25)19-9-5-3-6-10-19;1-2-26-21(25)22(19-6-4-3-5-7-19)13-16-24(17-14-22)15-12-18-8-10-20(23)11-9-18/h3-12,21,25H,2,13-18H2,1H3;3-11H,2,12-17,23H2,1H3. The summed E-state index contributed by atoms with van der Waals surface area (Å²) in [6, 6.07) is 38.0. The number of nitrogen functional groups attached to an aromatic ring is 1. The van der Waals surface area contributed by atoms with Crippen LogP contribution in [0.4, 0.5) is 5.69 Å². The number of aliphatic hydroxyl groups is 1. The summed E-state index contributed by atoms with van der Waals surface area (Å²) in [6.07, 6.45) is 4.35. The molecule has 1 unspecified atom stereocenters. The van der Waals surface area contributed by atoms with E-state index in [-0.39, 0.29) is 11.9 Å². The highest BCUT2D eigenvalue weighted by Crippen LogP contribution is 2.38. The van der Waals surface area contributed by atoms with E-state index in [0.29, 0.717) is 19.6 Å². The van der Waals surface area contributed by atoms with Crippen molar-refractivity contribution in [2.45, 2.75) is 69.3 Å². The van der Waals surface area contributed by atoms with Gasteiger partial charge in [0.05, 0.1) is 30.1 Å². The molecule has 0 aliphatic carbocycles. The number of carbonyl (C=O) groups is 2. The molecule has 6 rings (SSSR count). The number of benzene rings is 4. The van der Waals surface area contributed by atoms with Gasteiger partial charge in [-0.2, -0.15) is 0 Å². The van der Waals surface area contributed by atoms with E-state index in [1.807, 2.05) is 105 Å². The lowest BCUT2D eigenvalue weighted by atomic mass is 9.72. The highest BCUT2D eigenvalue weighted by molar-refractivity contribution is 5.84. The Balaban J connectivity index is 0.000000204. The predicted octanol–water partition coefficient (Wildman–Crippen LogP) is 7.12. The first-order valence-electron chi connectivity index (χ1n) is 19.3. The lowest BCUT2D eigenvalue weighted by Crippen LogP contribution is -2.48. The number of esters is 2. The van der Waals surface area contributed by atoms with Gasteiger partial charge in [0.25, 0.3) is 0 Å². The van der Waals surface area contributed by atoms with Gasteiger partial charge in [-0.25, -0.2) is 0 Å². The average Bonchev–Trinajstić information content (AvgIpc) is 3.21. The number of hydrogen-bond acceptors (Lipinski definition) is 8. The molecule has 0 spiro atoms. The summed E-state index contributed by atoms with van der Waals surface area (Å²) < 4.78 is 10.9. The topological polar surface area (TPSA) is 105 Å². The van der Waals surface area contributed by atoms with Crippen molar-refractivity contribution in [2.75, 3.05) is 58.2 Å². The number of carbonyl (C=O) groups excluding carboxylic acids is 2. The second-order valence-corrected chi connectivity index (χ2v) is 14.2. The highest BCUT2D eigenvalue weighted by Gasteiger charge is 2.45. The van der Waals surface area contributed by atoms with Crippen LogP contribution in [0.3, 0.4) is 0 Å². The Kier molecular flexibility index (Phi) is 14.6. The Morgan fingerprint density at radius 1 is 0.642 bits per heavy atom. The number of likely N-dealkylation sites (tertiary alicyclic amines) is 2. The average molecular weight is 720 g/mol. The van der Waals surface area contributed by atoms with Crippen molar-refractivity contribution in [3.8, 4) is 0 Å². The van der Waals surface area contributed by atoms with E-state index in [0.717, 1.165) is 93.8 Å². The van der Waals surface area contributed by atoms with E-state index in [1.54, 1.807) is 0 Å². The van der Waals surface area contributed by atoms with Gasteiger partial charge in [0.15, 0.2) is 0 Å². The Bertz CT molecular complexity index is 1670. The molecule has 0 saturated carbocycles. The molecule has 2 saturated heterocycles. The van der Waals surface area contributed by atoms with E-state index in [9.17, 15) is 14.7 Å². The molecule has 53 heavy (non-hydrogen) atoms. The van der Waals surface area contributed by atoms with Crippen LogP contribution in [-0.2, 0) is 36.3 Å². The molecule has 1 atom stereocenters. The van der Waals surface area contributed by atoms with Crippen LogP contribution in [0.15, 0.2) is 115 Å². The van der Waals surface area contributed by atoms with Gasteiger partial charge in [0.1, 0.15) is 0 Å². The van der Waals surface area contributed by atoms with Crippen molar-refractivity contribution < 1.29 is 24.2 Å². The molecule has 2 aliphatic heterocycles. The number of ether oxygens (including phenoxy) is 2. The van der Waals surface area contributed by atoms with Crippen LogP contribution in [0.25, 0.3) is 0 Å². The van der Waals surface area contributed by atoms with Crippen molar-refractivity contribution in [1.82, 2.24) is 9.80 Å². The Morgan fingerprint density at radius 2 is 1.06 bits per heavy atom. The van der Waals surface area contributed by atoms with Gasteiger partial charge in [-0.15, -0.1) is 0 Å². The van der Waals surface area contributed by atoms with Crippen LogP contribution in [-0.4, -0.2) is 79.3 Å². The molecule has 2 aliphatic rings. The summed E-state index contributed by atoms with van der Waals surface area (Å²) in [4.78, 5) is 30.4. The number of piperidine rings is 2. The molecule has 282 valence electrons. The van der Waals surface area contributed by atoms with Gasteiger partial charge in [-0.3, -0.25) is 9.59 Å². The smallest absolute Gasteiger partial charge is 0.316 e. The van der Waals surface area contributed by atoms with Gasteiger partial charge >= 0.3 is 11.9 Å². The van der Waals surface area contributed by atoms with E-state index in [2.05, 4.69) is 34.1 Å². The minimum Gasteiger partial charge on any atom is -0.465 e. The molecule has 8 heteroatoms. The maximum atomic E-state index is 12.8. The molecule has 8 nitrogen and oxygen atoms in total. The Hall–Kier alpha value is -4.50. The Labute approximate surface area is 315 Å². The van der Waals surface area contributed by atoms with Gasteiger partial charge in [0, 0.05) is 18.8 Å². The van der Waals surface area contributed by atoms with Gasteiger partial charge < -0.3 is 30.1 Å². The number of rotatable bonds is 13. The molecule has 2 heterocycles. The predicted molar refractivity (Wildman–Crippen MR) is 211 cm³/mol. The number of nitrogens with zero attached hydrogens (tertiary/aromatic N) is 2. The van der Waals surface area contributed by atoms with Gasteiger partial charge in [-0.1, -0.05) is 103 Å². The second-order valence-electron chi connectivity index (χ2n) is 14.2. The molecule has 0 aromatic heterocycles. The number of nitrogens with two attached hydrogens (primary N) is 1. The first-order valence-corrected chi connectivity index (χ1v) is 19.3. The zero-order valence-electron chi connectivity index (χ0n) is 31.5. The summed E-state index contributed by atoms with van der Waals surface area (Å²) >= 11 is 0. The van der Waals surface area contributed by atoms with E-state index in [4.69, 9.17) is 15.2 Å². The third kappa shape index (κ3) is 10.3. The summed E-state index contributed by atoms with van der Waals surface area (Å²) in [7, 11) is 0. The highest BCUT2D eigenvalue weighted by atomic mass is 16.5. The van der Waals surface area contributed by atoms with Crippen molar-refractivity contribution in [3.05, 3.63) is 138 Å².